The second kappa shape index (κ2) is 9.90. The molecule has 35 heavy (non-hydrogen) atoms. The summed E-state index contributed by atoms with van der Waals surface area (Å²) in [5.74, 6) is 1.32. The predicted octanol–water partition coefficient (Wildman–Crippen LogP) is 6.94. The number of hydrogen-bond acceptors (Lipinski definition) is 3. The van der Waals surface area contributed by atoms with E-state index in [1.54, 1.807) is 0 Å². The minimum Gasteiger partial charge on any atom is -0.370 e. The van der Waals surface area contributed by atoms with Crippen LogP contribution in [0.4, 0.5) is 11.4 Å². The second-order valence-corrected chi connectivity index (χ2v) is 12.0. The number of hydrogen-bond donors (Lipinski definition) is 2. The van der Waals surface area contributed by atoms with E-state index in [1.807, 2.05) is 18.3 Å². The van der Waals surface area contributed by atoms with Crippen molar-refractivity contribution in [1.82, 2.24) is 15.3 Å². The first-order chi connectivity index (χ1) is 16.7. The van der Waals surface area contributed by atoms with Gasteiger partial charge in [-0.2, -0.15) is 0 Å². The summed E-state index contributed by atoms with van der Waals surface area (Å²) in [6.07, 6.45) is 3.11. The zero-order valence-electron chi connectivity index (χ0n) is 20.5. The highest BCUT2D eigenvalue weighted by atomic mass is 127. The number of nitrogens with zero attached hydrogens (tertiary/aromatic N) is 3. The fraction of sp³-hybridized carbons (Fsp3) is 0.407. The van der Waals surface area contributed by atoms with Crippen LogP contribution in [-0.4, -0.2) is 28.2 Å². The lowest BCUT2D eigenvalue weighted by Gasteiger charge is -2.37. The second-order valence-electron chi connectivity index (χ2n) is 10.1. The van der Waals surface area contributed by atoms with Crippen molar-refractivity contribution in [1.29, 1.82) is 0 Å². The zero-order chi connectivity index (χ0) is 24.9. The van der Waals surface area contributed by atoms with Crippen LogP contribution in [-0.2, 0) is 0 Å². The average molecular weight is 620 g/mol. The summed E-state index contributed by atoms with van der Waals surface area (Å²) in [4.78, 5) is 12.8. The zero-order valence-corrected chi connectivity index (χ0v) is 24.2. The Kier molecular flexibility index (Phi) is 7.03. The summed E-state index contributed by atoms with van der Waals surface area (Å²) in [6.45, 7) is 11.0. The van der Waals surface area contributed by atoms with Gasteiger partial charge in [-0.15, -0.1) is 0 Å². The van der Waals surface area contributed by atoms with Crippen LogP contribution in [0.25, 0.3) is 0 Å². The SMILES string of the molecule is Cc1[nH]c(C)c([C@H]2[C@H](c3ccccn3)NC(=S)N2c2ccc(N3C[C@H](C)C[C@H](C)C3)c(Cl)c2)c1I. The standard InChI is InChI=1S/C27H31ClIN5S/c1-15-11-16(2)14-33(13-15)22-9-8-19(12-20(22)28)34-26(23-17(3)31-18(4)24(23)29)25(32-27(34)35)21-7-5-6-10-30-21/h5-10,12,15-16,25-26,31H,11,13-14H2,1-4H3,(H,32,35)/t15-,16+,25-,26-/m0/s1. The molecule has 2 aliphatic heterocycles. The van der Waals surface area contributed by atoms with Crippen molar-refractivity contribution in [2.45, 2.75) is 46.2 Å². The van der Waals surface area contributed by atoms with Gasteiger partial charge in [-0.3, -0.25) is 4.98 Å². The summed E-state index contributed by atoms with van der Waals surface area (Å²) < 4.78 is 1.22. The third kappa shape index (κ3) is 4.67. The van der Waals surface area contributed by atoms with Crippen LogP contribution in [0.2, 0.25) is 5.02 Å². The number of piperidine rings is 1. The van der Waals surface area contributed by atoms with Crippen LogP contribution in [0.5, 0.6) is 0 Å². The van der Waals surface area contributed by atoms with Gasteiger partial charge < -0.3 is 20.1 Å². The molecule has 1 aromatic carbocycles. The molecule has 0 spiro atoms. The van der Waals surface area contributed by atoms with Gasteiger partial charge in [-0.25, -0.2) is 0 Å². The third-order valence-corrected chi connectivity index (χ3v) is 9.16. The van der Waals surface area contributed by atoms with E-state index in [9.17, 15) is 0 Å². The quantitative estimate of drug-likeness (QED) is 0.245. The van der Waals surface area contributed by atoms with Gasteiger partial charge in [-0.1, -0.05) is 31.5 Å². The molecule has 2 saturated heterocycles. The number of pyridine rings is 1. The molecule has 4 atom stereocenters. The number of aryl methyl sites for hydroxylation is 2. The van der Waals surface area contributed by atoms with Crippen molar-refractivity contribution >= 4 is 62.9 Å². The molecule has 2 aromatic heterocycles. The highest BCUT2D eigenvalue weighted by Gasteiger charge is 2.43. The summed E-state index contributed by atoms with van der Waals surface area (Å²) in [7, 11) is 0. The van der Waals surface area contributed by atoms with Crippen LogP contribution in [0.15, 0.2) is 42.6 Å². The lowest BCUT2D eigenvalue weighted by Crippen LogP contribution is -2.38. The number of H-pyrrole nitrogens is 1. The van der Waals surface area contributed by atoms with Crippen molar-refractivity contribution in [3.63, 3.8) is 0 Å². The smallest absolute Gasteiger partial charge is 0.174 e. The predicted molar refractivity (Wildman–Crippen MR) is 158 cm³/mol. The number of thiocarbonyl (C=S) groups is 1. The molecule has 184 valence electrons. The van der Waals surface area contributed by atoms with Crippen LogP contribution in [0.1, 0.15) is 55.0 Å². The Hall–Kier alpha value is -1.84. The van der Waals surface area contributed by atoms with Crippen molar-refractivity contribution in [2.24, 2.45) is 11.8 Å². The number of benzene rings is 1. The van der Waals surface area contributed by atoms with E-state index in [0.717, 1.165) is 46.6 Å². The molecule has 5 nitrogen and oxygen atoms in total. The molecule has 2 fully saturated rings. The van der Waals surface area contributed by atoms with Gasteiger partial charge >= 0.3 is 0 Å². The molecule has 0 unspecified atom stereocenters. The number of halogens is 2. The van der Waals surface area contributed by atoms with Crippen LogP contribution in [0.3, 0.4) is 0 Å². The molecular formula is C27H31ClIN5S. The highest BCUT2D eigenvalue weighted by molar-refractivity contribution is 14.1. The fourth-order valence-electron chi connectivity index (χ4n) is 5.81. The number of anilines is 2. The Bertz CT molecular complexity index is 1240. The maximum absolute atomic E-state index is 6.95. The Morgan fingerprint density at radius 1 is 1.09 bits per heavy atom. The van der Waals surface area contributed by atoms with E-state index < -0.39 is 0 Å². The Morgan fingerprint density at radius 3 is 2.43 bits per heavy atom. The summed E-state index contributed by atoms with van der Waals surface area (Å²) >= 11 is 15.3. The molecule has 4 heterocycles. The molecule has 0 bridgehead atoms. The van der Waals surface area contributed by atoms with E-state index >= 15 is 0 Å². The van der Waals surface area contributed by atoms with Gasteiger partial charge in [0.05, 0.1) is 28.5 Å². The molecule has 0 radical (unpaired) electrons. The van der Waals surface area contributed by atoms with Gasteiger partial charge in [0.2, 0.25) is 0 Å². The van der Waals surface area contributed by atoms with Crippen LogP contribution >= 0.6 is 46.4 Å². The molecule has 2 N–H and O–H groups in total. The maximum Gasteiger partial charge on any atom is 0.174 e. The van der Waals surface area contributed by atoms with E-state index in [0.29, 0.717) is 16.9 Å². The Morgan fingerprint density at radius 2 is 1.83 bits per heavy atom. The minimum absolute atomic E-state index is 0.0498. The molecule has 0 saturated carbocycles. The largest absolute Gasteiger partial charge is 0.370 e. The number of aromatic amines is 1. The lowest BCUT2D eigenvalue weighted by atomic mass is 9.91. The lowest BCUT2D eigenvalue weighted by molar-refractivity contribution is 0.357. The van der Waals surface area contributed by atoms with Crippen molar-refractivity contribution < 1.29 is 0 Å². The molecular weight excluding hydrogens is 589 g/mol. The minimum atomic E-state index is -0.0756. The fourth-order valence-corrected chi connectivity index (χ4v) is 7.31. The van der Waals surface area contributed by atoms with Gasteiger partial charge in [0.15, 0.2) is 5.11 Å². The number of aromatic nitrogens is 2. The normalized spacial score (nSPS) is 24.7. The van der Waals surface area contributed by atoms with Gasteiger partial charge in [0.25, 0.3) is 0 Å². The Balaban J connectivity index is 1.57. The van der Waals surface area contributed by atoms with E-state index in [1.165, 1.54) is 15.6 Å². The molecule has 0 amide bonds. The van der Waals surface area contributed by atoms with Crippen LogP contribution < -0.4 is 15.1 Å². The first-order valence-corrected chi connectivity index (χ1v) is 14.0. The summed E-state index contributed by atoms with van der Waals surface area (Å²) in [5.41, 5.74) is 6.62. The number of rotatable bonds is 4. The molecule has 0 aliphatic carbocycles. The Labute approximate surface area is 231 Å². The van der Waals surface area contributed by atoms with E-state index in [4.69, 9.17) is 23.8 Å². The van der Waals surface area contributed by atoms with E-state index in [-0.39, 0.29) is 12.1 Å². The van der Waals surface area contributed by atoms with Gasteiger partial charge in [0.1, 0.15) is 0 Å². The average Bonchev–Trinajstić information content (AvgIpc) is 3.27. The van der Waals surface area contributed by atoms with Crippen LogP contribution in [0, 0.1) is 29.3 Å². The highest BCUT2D eigenvalue weighted by Crippen LogP contribution is 2.46. The summed E-state index contributed by atoms with van der Waals surface area (Å²) in [6, 6.07) is 12.3. The number of nitrogens with one attached hydrogen (secondary N) is 2. The monoisotopic (exact) mass is 619 g/mol. The summed E-state index contributed by atoms with van der Waals surface area (Å²) in [5, 5.41) is 5.02. The maximum atomic E-state index is 6.95. The first kappa shape index (κ1) is 24.8. The topological polar surface area (TPSA) is 47.2 Å². The van der Waals surface area contributed by atoms with Crippen molar-refractivity contribution in [3.8, 4) is 0 Å². The molecule has 2 aliphatic rings. The van der Waals surface area contributed by atoms with Crippen molar-refractivity contribution in [2.75, 3.05) is 22.9 Å². The van der Waals surface area contributed by atoms with E-state index in [2.05, 4.69) is 99.6 Å². The first-order valence-electron chi connectivity index (χ1n) is 12.1. The molecule has 3 aromatic rings. The van der Waals surface area contributed by atoms with Gasteiger partial charge in [0, 0.05) is 45.5 Å². The third-order valence-electron chi connectivity index (χ3n) is 7.16. The van der Waals surface area contributed by atoms with Gasteiger partial charge in [-0.05, 0) is 97.2 Å². The molecule has 8 heteroatoms. The van der Waals surface area contributed by atoms with Crippen molar-refractivity contribution in [3.05, 3.63) is 73.8 Å². The molecule has 5 rings (SSSR count).